The van der Waals surface area contributed by atoms with Gasteiger partial charge in [0.25, 0.3) is 0 Å². The number of aromatic nitrogens is 3. The van der Waals surface area contributed by atoms with Crippen molar-refractivity contribution in [3.63, 3.8) is 0 Å². The van der Waals surface area contributed by atoms with Crippen molar-refractivity contribution >= 4 is 5.52 Å². The molecular formula is C14H13N3. The maximum Gasteiger partial charge on any atom is 0.134 e. The topological polar surface area (TPSA) is 30.2 Å². The summed E-state index contributed by atoms with van der Waals surface area (Å²) in [6.45, 7) is 2.12. The van der Waals surface area contributed by atoms with Gasteiger partial charge in [-0.3, -0.25) is 0 Å². The minimum Gasteiger partial charge on any atom is -0.239 e. The van der Waals surface area contributed by atoms with E-state index in [1.165, 1.54) is 11.1 Å². The van der Waals surface area contributed by atoms with Crippen molar-refractivity contribution < 1.29 is 0 Å². The third-order valence-electron chi connectivity index (χ3n) is 2.98. The van der Waals surface area contributed by atoms with Crippen LogP contribution in [0, 0.1) is 6.92 Å². The third-order valence-corrected chi connectivity index (χ3v) is 2.98. The number of fused-ring (bicyclic) bond motifs is 1. The molecule has 84 valence electrons. The Hall–Kier alpha value is -2.16. The zero-order valence-electron chi connectivity index (χ0n) is 9.67. The molecule has 0 atom stereocenters. The second-order valence-corrected chi connectivity index (χ2v) is 4.14. The van der Waals surface area contributed by atoms with Gasteiger partial charge in [-0.15, -0.1) is 0 Å². The van der Waals surface area contributed by atoms with Crippen molar-refractivity contribution in [1.29, 1.82) is 0 Å². The summed E-state index contributed by atoms with van der Waals surface area (Å²) in [5, 5.41) is 4.32. The van der Waals surface area contributed by atoms with Crippen LogP contribution >= 0.6 is 0 Å². The first-order chi connectivity index (χ1) is 8.34. The van der Waals surface area contributed by atoms with Crippen LogP contribution in [0.5, 0.6) is 0 Å². The van der Waals surface area contributed by atoms with Crippen molar-refractivity contribution in [1.82, 2.24) is 14.6 Å². The fourth-order valence-electron chi connectivity index (χ4n) is 1.99. The summed E-state index contributed by atoms with van der Waals surface area (Å²) in [5.41, 5.74) is 3.63. The normalized spacial score (nSPS) is 10.9. The number of aryl methyl sites for hydroxylation is 1. The van der Waals surface area contributed by atoms with E-state index in [1.54, 1.807) is 6.20 Å². The molecule has 0 saturated heterocycles. The minimum absolute atomic E-state index is 0.817. The monoisotopic (exact) mass is 223 g/mol. The zero-order valence-corrected chi connectivity index (χ0v) is 9.67. The Morgan fingerprint density at radius 3 is 2.88 bits per heavy atom. The zero-order chi connectivity index (χ0) is 11.7. The molecular weight excluding hydrogens is 210 g/mol. The van der Waals surface area contributed by atoms with Gasteiger partial charge in [0, 0.05) is 12.6 Å². The maximum atomic E-state index is 4.43. The van der Waals surface area contributed by atoms with Gasteiger partial charge >= 0.3 is 0 Å². The van der Waals surface area contributed by atoms with Gasteiger partial charge in [0.05, 0.1) is 11.7 Å². The maximum absolute atomic E-state index is 4.43. The number of benzene rings is 1. The number of hydrogen-bond donors (Lipinski definition) is 0. The molecule has 2 heterocycles. The van der Waals surface area contributed by atoms with Gasteiger partial charge in [0.2, 0.25) is 0 Å². The largest absolute Gasteiger partial charge is 0.239 e. The molecule has 0 N–H and O–H groups in total. The molecule has 1 aromatic carbocycles. The molecule has 3 rings (SSSR count). The van der Waals surface area contributed by atoms with E-state index in [2.05, 4.69) is 41.3 Å². The summed E-state index contributed by atoms with van der Waals surface area (Å²) in [7, 11) is 0. The molecule has 3 heteroatoms. The van der Waals surface area contributed by atoms with Crippen molar-refractivity contribution in [3.8, 4) is 0 Å². The Labute approximate surface area is 99.7 Å². The van der Waals surface area contributed by atoms with Crippen LogP contribution in [0.3, 0.4) is 0 Å². The van der Waals surface area contributed by atoms with E-state index < -0.39 is 0 Å². The summed E-state index contributed by atoms with van der Waals surface area (Å²) in [5.74, 6) is 0.981. The summed E-state index contributed by atoms with van der Waals surface area (Å²) in [6.07, 6.45) is 4.47. The lowest BCUT2D eigenvalue weighted by molar-refractivity contribution is 0.839. The molecule has 3 nitrogen and oxygen atoms in total. The van der Waals surface area contributed by atoms with Gasteiger partial charge in [-0.05, 0) is 30.2 Å². The number of hydrogen-bond acceptors (Lipinski definition) is 2. The molecule has 0 aliphatic carbocycles. The van der Waals surface area contributed by atoms with Gasteiger partial charge in [0.15, 0.2) is 0 Å². The molecule has 0 fully saturated rings. The summed E-state index contributed by atoms with van der Waals surface area (Å²) in [6, 6.07) is 12.3. The quantitative estimate of drug-likeness (QED) is 0.668. The van der Waals surface area contributed by atoms with E-state index in [4.69, 9.17) is 0 Å². The second kappa shape index (κ2) is 4.01. The molecule has 0 aliphatic heterocycles. The average Bonchev–Trinajstić information content (AvgIpc) is 2.76. The molecule has 3 aromatic rings. The van der Waals surface area contributed by atoms with Crippen LogP contribution in [0.1, 0.15) is 17.0 Å². The standard InChI is InChI=1S/C14H13N3/c1-11-5-2-3-6-12(11)9-14-15-10-13-7-4-8-16-17(13)14/h2-8,10H,9H2,1H3. The summed E-state index contributed by atoms with van der Waals surface area (Å²) >= 11 is 0. The smallest absolute Gasteiger partial charge is 0.134 e. The van der Waals surface area contributed by atoms with E-state index in [1.807, 2.05) is 22.8 Å². The number of imidazole rings is 1. The fourth-order valence-corrected chi connectivity index (χ4v) is 1.99. The Bertz CT molecular complexity index is 655. The van der Waals surface area contributed by atoms with Crippen molar-refractivity contribution in [2.24, 2.45) is 0 Å². The van der Waals surface area contributed by atoms with Crippen LogP contribution in [0.2, 0.25) is 0 Å². The van der Waals surface area contributed by atoms with Crippen LogP contribution in [0.25, 0.3) is 5.52 Å². The first kappa shape index (κ1) is 10.0. The highest BCUT2D eigenvalue weighted by Gasteiger charge is 2.06. The predicted molar refractivity (Wildman–Crippen MR) is 67.0 cm³/mol. The minimum atomic E-state index is 0.817. The Morgan fingerprint density at radius 1 is 1.12 bits per heavy atom. The lowest BCUT2D eigenvalue weighted by Gasteiger charge is -2.04. The number of nitrogens with zero attached hydrogens (tertiary/aromatic N) is 3. The second-order valence-electron chi connectivity index (χ2n) is 4.14. The predicted octanol–water partition coefficient (Wildman–Crippen LogP) is 2.63. The van der Waals surface area contributed by atoms with Crippen LogP contribution in [0.15, 0.2) is 48.8 Å². The molecule has 0 aliphatic rings. The Balaban J connectivity index is 2.03. The van der Waals surface area contributed by atoms with E-state index >= 15 is 0 Å². The average molecular weight is 223 g/mol. The molecule has 0 spiro atoms. The number of rotatable bonds is 2. The van der Waals surface area contributed by atoms with Gasteiger partial charge in [-0.1, -0.05) is 24.3 Å². The highest BCUT2D eigenvalue weighted by atomic mass is 15.2. The van der Waals surface area contributed by atoms with Crippen LogP contribution in [-0.4, -0.2) is 14.6 Å². The van der Waals surface area contributed by atoms with Crippen molar-refractivity contribution in [2.75, 3.05) is 0 Å². The van der Waals surface area contributed by atoms with Crippen LogP contribution in [-0.2, 0) is 6.42 Å². The molecule has 0 amide bonds. The molecule has 0 radical (unpaired) electrons. The highest BCUT2D eigenvalue weighted by Crippen LogP contribution is 2.13. The molecule has 17 heavy (non-hydrogen) atoms. The van der Waals surface area contributed by atoms with E-state index in [0.29, 0.717) is 0 Å². The third kappa shape index (κ3) is 1.80. The fraction of sp³-hybridized carbons (Fsp3) is 0.143. The van der Waals surface area contributed by atoms with Gasteiger partial charge in [0.1, 0.15) is 5.82 Å². The SMILES string of the molecule is Cc1ccccc1Cc1ncc2cccnn12. The Morgan fingerprint density at radius 2 is 2.00 bits per heavy atom. The van der Waals surface area contributed by atoms with Crippen molar-refractivity contribution in [3.05, 3.63) is 65.7 Å². The molecule has 0 unspecified atom stereocenters. The van der Waals surface area contributed by atoms with Crippen molar-refractivity contribution in [2.45, 2.75) is 13.3 Å². The summed E-state index contributed by atoms with van der Waals surface area (Å²) in [4.78, 5) is 4.43. The molecule has 2 aromatic heterocycles. The lowest BCUT2D eigenvalue weighted by Crippen LogP contribution is -2.00. The van der Waals surface area contributed by atoms with Gasteiger partial charge in [-0.25, -0.2) is 9.50 Å². The summed E-state index contributed by atoms with van der Waals surface area (Å²) < 4.78 is 1.90. The lowest BCUT2D eigenvalue weighted by atomic mass is 10.1. The first-order valence-corrected chi connectivity index (χ1v) is 5.67. The Kier molecular flexibility index (Phi) is 2.37. The van der Waals surface area contributed by atoms with E-state index in [-0.39, 0.29) is 0 Å². The first-order valence-electron chi connectivity index (χ1n) is 5.67. The van der Waals surface area contributed by atoms with Crippen LogP contribution < -0.4 is 0 Å². The molecule has 0 saturated carbocycles. The molecule has 0 bridgehead atoms. The van der Waals surface area contributed by atoms with Gasteiger partial charge in [-0.2, -0.15) is 5.10 Å². The highest BCUT2D eigenvalue weighted by molar-refractivity contribution is 5.44. The van der Waals surface area contributed by atoms with Gasteiger partial charge < -0.3 is 0 Å². The van der Waals surface area contributed by atoms with E-state index in [9.17, 15) is 0 Å². The van der Waals surface area contributed by atoms with Crippen LogP contribution in [0.4, 0.5) is 0 Å². The van der Waals surface area contributed by atoms with E-state index in [0.717, 1.165) is 17.8 Å².